The Balaban J connectivity index is 1.50. The number of nitrogens with one attached hydrogen (secondary N) is 1. The summed E-state index contributed by atoms with van der Waals surface area (Å²) in [6.45, 7) is 5.94. The Hall–Kier alpha value is -1.83. The van der Waals surface area contributed by atoms with Crippen molar-refractivity contribution in [2.45, 2.75) is 32.7 Å². The van der Waals surface area contributed by atoms with Crippen LogP contribution >= 0.6 is 23.4 Å². The van der Waals surface area contributed by atoms with Gasteiger partial charge in [-0.05, 0) is 48.2 Å². The SMILES string of the molecule is CC(C)CN(CC(=O)NCCN1C(=O)SC(=Cc2ccccc2Cl)C1=O)C1CC1. The number of amides is 3. The third kappa shape index (κ3) is 6.07. The van der Waals surface area contributed by atoms with Crippen LogP contribution in [0.15, 0.2) is 29.2 Å². The van der Waals surface area contributed by atoms with E-state index in [9.17, 15) is 14.4 Å². The third-order valence-electron chi connectivity index (χ3n) is 4.73. The predicted octanol–water partition coefficient (Wildman–Crippen LogP) is 3.61. The highest BCUT2D eigenvalue weighted by atomic mass is 35.5. The molecule has 6 nitrogen and oxygen atoms in total. The van der Waals surface area contributed by atoms with Crippen molar-refractivity contribution in [1.82, 2.24) is 15.1 Å². The minimum absolute atomic E-state index is 0.0730. The third-order valence-corrected chi connectivity index (χ3v) is 5.98. The van der Waals surface area contributed by atoms with E-state index in [1.807, 2.05) is 6.07 Å². The van der Waals surface area contributed by atoms with Gasteiger partial charge in [-0.15, -0.1) is 0 Å². The highest BCUT2D eigenvalue weighted by Gasteiger charge is 2.35. The van der Waals surface area contributed by atoms with Gasteiger partial charge in [0.15, 0.2) is 0 Å². The second-order valence-electron chi connectivity index (χ2n) is 7.76. The van der Waals surface area contributed by atoms with E-state index in [1.54, 1.807) is 24.3 Å². The number of thioether (sulfide) groups is 1. The van der Waals surface area contributed by atoms with Gasteiger partial charge < -0.3 is 5.32 Å². The van der Waals surface area contributed by atoms with E-state index in [2.05, 4.69) is 24.1 Å². The Morgan fingerprint density at radius 2 is 2.07 bits per heavy atom. The van der Waals surface area contributed by atoms with Crippen molar-refractivity contribution in [3.63, 3.8) is 0 Å². The lowest BCUT2D eigenvalue weighted by Gasteiger charge is -2.23. The predicted molar refractivity (Wildman–Crippen MR) is 117 cm³/mol. The first kappa shape index (κ1) is 21.9. The summed E-state index contributed by atoms with van der Waals surface area (Å²) < 4.78 is 0. The zero-order chi connectivity index (χ0) is 21.0. The van der Waals surface area contributed by atoms with E-state index >= 15 is 0 Å². The molecule has 0 radical (unpaired) electrons. The van der Waals surface area contributed by atoms with Crippen LogP contribution in [0, 0.1) is 5.92 Å². The first-order valence-corrected chi connectivity index (χ1v) is 11.0. The lowest BCUT2D eigenvalue weighted by molar-refractivity contribution is -0.125. The molecule has 156 valence electrons. The van der Waals surface area contributed by atoms with Gasteiger partial charge in [-0.1, -0.05) is 43.6 Å². The van der Waals surface area contributed by atoms with E-state index in [0.717, 1.165) is 31.1 Å². The quantitative estimate of drug-likeness (QED) is 0.600. The van der Waals surface area contributed by atoms with Gasteiger partial charge in [0.1, 0.15) is 0 Å². The number of imide groups is 1. The van der Waals surface area contributed by atoms with Crippen molar-refractivity contribution in [2.24, 2.45) is 5.92 Å². The van der Waals surface area contributed by atoms with Gasteiger partial charge in [-0.25, -0.2) is 0 Å². The first-order chi connectivity index (χ1) is 13.8. The summed E-state index contributed by atoms with van der Waals surface area (Å²) in [4.78, 5) is 40.8. The molecule has 3 rings (SSSR count). The van der Waals surface area contributed by atoms with Gasteiger partial charge in [0.25, 0.3) is 11.1 Å². The number of nitrogens with zero attached hydrogens (tertiary/aromatic N) is 2. The van der Waals surface area contributed by atoms with Crippen LogP contribution in [-0.2, 0) is 9.59 Å². The largest absolute Gasteiger partial charge is 0.353 e. The van der Waals surface area contributed by atoms with Gasteiger partial charge >= 0.3 is 0 Å². The summed E-state index contributed by atoms with van der Waals surface area (Å²) in [7, 11) is 0. The Bertz CT molecular complexity index is 823. The number of hydrogen-bond acceptors (Lipinski definition) is 5. The summed E-state index contributed by atoms with van der Waals surface area (Å²) in [5.41, 5.74) is 0.693. The molecular formula is C21H26ClN3O3S. The molecule has 1 saturated heterocycles. The van der Waals surface area contributed by atoms with Gasteiger partial charge in [0.05, 0.1) is 11.4 Å². The molecule has 1 N–H and O–H groups in total. The van der Waals surface area contributed by atoms with Crippen molar-refractivity contribution in [3.8, 4) is 0 Å². The molecule has 1 heterocycles. The highest BCUT2D eigenvalue weighted by molar-refractivity contribution is 8.18. The van der Waals surface area contributed by atoms with Crippen LogP contribution in [0.25, 0.3) is 6.08 Å². The zero-order valence-electron chi connectivity index (χ0n) is 16.7. The molecule has 0 aromatic heterocycles. The number of carbonyl (C=O) groups is 3. The van der Waals surface area contributed by atoms with E-state index in [4.69, 9.17) is 11.6 Å². The molecule has 1 aliphatic carbocycles. The normalized spacial score (nSPS) is 18.4. The minimum atomic E-state index is -0.353. The van der Waals surface area contributed by atoms with Gasteiger partial charge in [0.2, 0.25) is 5.91 Å². The zero-order valence-corrected chi connectivity index (χ0v) is 18.3. The molecule has 8 heteroatoms. The van der Waals surface area contributed by atoms with E-state index in [-0.39, 0.29) is 30.1 Å². The second kappa shape index (κ2) is 9.78. The van der Waals surface area contributed by atoms with E-state index in [1.165, 1.54) is 4.90 Å². The number of hydrogen-bond donors (Lipinski definition) is 1. The first-order valence-electron chi connectivity index (χ1n) is 9.85. The molecule has 0 bridgehead atoms. The van der Waals surface area contributed by atoms with Gasteiger partial charge in [-0.2, -0.15) is 0 Å². The van der Waals surface area contributed by atoms with Crippen LogP contribution in [0.1, 0.15) is 32.3 Å². The molecule has 0 unspecified atom stereocenters. The Kier molecular flexibility index (Phi) is 7.38. The Morgan fingerprint density at radius 3 is 2.72 bits per heavy atom. The lowest BCUT2D eigenvalue weighted by atomic mass is 10.2. The molecule has 0 spiro atoms. The molecule has 1 aliphatic heterocycles. The second-order valence-corrected chi connectivity index (χ2v) is 9.16. The molecule has 1 saturated carbocycles. The average molecular weight is 436 g/mol. The standard InChI is InChI=1S/C21H26ClN3O3S/c1-14(2)12-24(16-7-8-16)13-19(26)23-9-10-25-20(27)18(29-21(25)28)11-15-5-3-4-6-17(15)22/h3-6,11,14,16H,7-10,12-13H2,1-2H3,(H,23,26). The highest BCUT2D eigenvalue weighted by Crippen LogP contribution is 2.33. The maximum Gasteiger partial charge on any atom is 0.293 e. The molecule has 3 amide bonds. The maximum atomic E-state index is 12.6. The van der Waals surface area contributed by atoms with Crippen molar-refractivity contribution in [3.05, 3.63) is 39.8 Å². The average Bonchev–Trinajstić information content (AvgIpc) is 3.46. The summed E-state index contributed by atoms with van der Waals surface area (Å²) in [6.07, 6.45) is 3.92. The number of benzene rings is 1. The van der Waals surface area contributed by atoms with E-state index in [0.29, 0.717) is 34.0 Å². The number of rotatable bonds is 9. The lowest BCUT2D eigenvalue weighted by Crippen LogP contribution is -2.43. The minimum Gasteiger partial charge on any atom is -0.353 e. The van der Waals surface area contributed by atoms with Crippen LogP contribution in [0.4, 0.5) is 4.79 Å². The molecule has 0 atom stereocenters. The monoisotopic (exact) mass is 435 g/mol. The molecule has 1 aromatic rings. The fourth-order valence-corrected chi connectivity index (χ4v) is 4.27. The van der Waals surface area contributed by atoms with E-state index < -0.39 is 0 Å². The fourth-order valence-electron chi connectivity index (χ4n) is 3.23. The van der Waals surface area contributed by atoms with Crippen LogP contribution in [0.3, 0.4) is 0 Å². The summed E-state index contributed by atoms with van der Waals surface area (Å²) in [5, 5.41) is 3.02. The van der Waals surface area contributed by atoms with Crippen LogP contribution < -0.4 is 5.32 Å². The van der Waals surface area contributed by atoms with Crippen molar-refractivity contribution in [2.75, 3.05) is 26.2 Å². The van der Waals surface area contributed by atoms with Gasteiger partial charge in [-0.3, -0.25) is 24.2 Å². The van der Waals surface area contributed by atoms with Crippen molar-refractivity contribution >= 4 is 46.5 Å². The topological polar surface area (TPSA) is 69.7 Å². The summed E-state index contributed by atoms with van der Waals surface area (Å²) >= 11 is 7.02. The van der Waals surface area contributed by atoms with Crippen LogP contribution in [0.5, 0.6) is 0 Å². The summed E-state index contributed by atoms with van der Waals surface area (Å²) in [5.74, 6) is 0.0771. The smallest absolute Gasteiger partial charge is 0.293 e. The molecule has 29 heavy (non-hydrogen) atoms. The molecular weight excluding hydrogens is 410 g/mol. The van der Waals surface area contributed by atoms with Crippen LogP contribution in [-0.4, -0.2) is 59.1 Å². The van der Waals surface area contributed by atoms with Gasteiger partial charge in [0, 0.05) is 30.7 Å². The molecule has 2 fully saturated rings. The van der Waals surface area contributed by atoms with Crippen molar-refractivity contribution < 1.29 is 14.4 Å². The Morgan fingerprint density at radius 1 is 1.34 bits per heavy atom. The fraction of sp³-hybridized carbons (Fsp3) is 0.476. The molecule has 2 aliphatic rings. The molecule has 1 aromatic carbocycles. The number of carbonyl (C=O) groups excluding carboxylic acids is 3. The maximum absolute atomic E-state index is 12.6. The summed E-state index contributed by atoms with van der Waals surface area (Å²) in [6, 6.07) is 7.66. The Labute approximate surface area is 180 Å². The van der Waals surface area contributed by atoms with Crippen LogP contribution in [0.2, 0.25) is 5.02 Å². The van der Waals surface area contributed by atoms with Crippen molar-refractivity contribution in [1.29, 1.82) is 0 Å². The number of halogens is 1.